The monoisotopic (exact) mass is 282 g/mol. The molecule has 1 amide bonds. The van der Waals surface area contributed by atoms with Crippen LogP contribution in [0.15, 0.2) is 24.3 Å². The van der Waals surface area contributed by atoms with Gasteiger partial charge in [-0.15, -0.1) is 0 Å². The summed E-state index contributed by atoms with van der Waals surface area (Å²) < 4.78 is 0. The lowest BCUT2D eigenvalue weighted by Crippen LogP contribution is -2.37. The van der Waals surface area contributed by atoms with Gasteiger partial charge in [0.05, 0.1) is 0 Å². The maximum Gasteiger partial charge on any atom is 0.253 e. The summed E-state index contributed by atoms with van der Waals surface area (Å²) in [4.78, 5) is 16.2. The van der Waals surface area contributed by atoms with Crippen LogP contribution in [0, 0.1) is 5.92 Å². The maximum absolute atomic E-state index is 12.4. The maximum atomic E-state index is 12.4. The van der Waals surface area contributed by atoms with Crippen molar-refractivity contribution < 1.29 is 9.90 Å². The summed E-state index contributed by atoms with van der Waals surface area (Å²) in [5.74, 6) is 0.0865. The molecule has 1 fully saturated rings. The van der Waals surface area contributed by atoms with Crippen molar-refractivity contribution in [3.8, 4) is 0 Å². The van der Waals surface area contributed by atoms with Gasteiger partial charge >= 0.3 is 0 Å². The quantitative estimate of drug-likeness (QED) is 0.910. The number of aliphatic hydroxyl groups is 1. The number of likely N-dealkylation sites (tertiary alicyclic amines) is 1. The number of benzene rings is 1. The fourth-order valence-corrected chi connectivity index (χ4v) is 2.78. The Morgan fingerprint density at radius 2 is 2.21 bits per heavy atom. The molecular weight excluding hydrogens is 264 g/mol. The van der Waals surface area contributed by atoms with Crippen molar-refractivity contribution in [3.05, 3.63) is 34.9 Å². The van der Waals surface area contributed by atoms with Crippen molar-refractivity contribution in [2.24, 2.45) is 5.92 Å². The molecule has 1 aliphatic rings. The first-order valence-corrected chi connectivity index (χ1v) is 6.73. The Morgan fingerprint density at radius 1 is 1.47 bits per heavy atom. The molecule has 5 heteroatoms. The summed E-state index contributed by atoms with van der Waals surface area (Å²) >= 11 is 5.91. The van der Waals surface area contributed by atoms with Crippen LogP contribution >= 0.6 is 11.6 Å². The zero-order valence-electron chi connectivity index (χ0n) is 11.2. The second kappa shape index (κ2) is 5.90. The van der Waals surface area contributed by atoms with E-state index in [0.29, 0.717) is 23.7 Å². The first-order valence-electron chi connectivity index (χ1n) is 6.35. The lowest BCUT2D eigenvalue weighted by molar-refractivity contribution is 0.0779. The number of rotatable bonds is 3. The number of halogens is 1. The van der Waals surface area contributed by atoms with Gasteiger partial charge < -0.3 is 14.9 Å². The molecule has 1 aromatic carbocycles. The Hall–Kier alpha value is -1.10. The summed E-state index contributed by atoms with van der Waals surface area (Å²) in [7, 11) is 3.95. The summed E-state index contributed by atoms with van der Waals surface area (Å²) in [5.41, 5.74) is 0.601. The number of carbonyl (C=O) groups is 1. The van der Waals surface area contributed by atoms with E-state index in [0.717, 1.165) is 0 Å². The molecule has 104 valence electrons. The molecule has 0 radical (unpaired) electrons. The highest BCUT2D eigenvalue weighted by Gasteiger charge is 2.36. The third kappa shape index (κ3) is 3.08. The second-order valence-electron chi connectivity index (χ2n) is 5.19. The number of hydrogen-bond acceptors (Lipinski definition) is 3. The first-order chi connectivity index (χ1) is 9.02. The number of nitrogens with zero attached hydrogens (tertiary/aromatic N) is 2. The van der Waals surface area contributed by atoms with Crippen molar-refractivity contribution in [2.75, 3.05) is 33.8 Å². The Morgan fingerprint density at radius 3 is 2.74 bits per heavy atom. The lowest BCUT2D eigenvalue weighted by atomic mass is 10.0. The Kier molecular flexibility index (Phi) is 4.45. The minimum absolute atomic E-state index is 0.0229. The van der Waals surface area contributed by atoms with Crippen molar-refractivity contribution in [1.29, 1.82) is 0 Å². The minimum Gasteiger partial charge on any atom is -0.396 e. The van der Waals surface area contributed by atoms with Crippen LogP contribution in [0.1, 0.15) is 10.4 Å². The number of carbonyl (C=O) groups excluding carboxylic acids is 1. The average Bonchev–Trinajstić information content (AvgIpc) is 2.82. The van der Waals surface area contributed by atoms with Crippen LogP contribution in [0.3, 0.4) is 0 Å². The van der Waals surface area contributed by atoms with Crippen LogP contribution in [-0.4, -0.2) is 60.6 Å². The zero-order valence-corrected chi connectivity index (χ0v) is 12.0. The van der Waals surface area contributed by atoms with E-state index in [1.165, 1.54) is 0 Å². The average molecular weight is 283 g/mol. The molecule has 0 bridgehead atoms. The number of amides is 1. The fourth-order valence-electron chi connectivity index (χ4n) is 2.59. The van der Waals surface area contributed by atoms with Crippen LogP contribution in [-0.2, 0) is 0 Å². The van der Waals surface area contributed by atoms with Gasteiger partial charge in [0.2, 0.25) is 0 Å². The molecule has 0 aliphatic carbocycles. The third-order valence-corrected chi connectivity index (χ3v) is 3.90. The number of aliphatic hydroxyl groups excluding tert-OH is 1. The predicted octanol–water partition coefficient (Wildman–Crippen LogP) is 1.33. The summed E-state index contributed by atoms with van der Waals surface area (Å²) in [6.45, 7) is 1.33. The number of hydrogen-bond donors (Lipinski definition) is 1. The van der Waals surface area contributed by atoms with Crippen LogP contribution in [0.5, 0.6) is 0 Å². The van der Waals surface area contributed by atoms with E-state index >= 15 is 0 Å². The van der Waals surface area contributed by atoms with E-state index in [2.05, 4.69) is 4.90 Å². The molecule has 1 heterocycles. The SMILES string of the molecule is CN(C)[C@@H]1CN(C(=O)c2cccc(Cl)c2)C[C@H]1CO. The highest BCUT2D eigenvalue weighted by atomic mass is 35.5. The van der Waals surface area contributed by atoms with E-state index < -0.39 is 0 Å². The first kappa shape index (κ1) is 14.3. The minimum atomic E-state index is -0.0229. The van der Waals surface area contributed by atoms with E-state index in [1.807, 2.05) is 14.1 Å². The molecule has 2 atom stereocenters. The summed E-state index contributed by atoms with van der Waals surface area (Å²) in [6.07, 6.45) is 0. The van der Waals surface area contributed by atoms with Crippen LogP contribution in [0.2, 0.25) is 5.02 Å². The molecular formula is C14H19ClN2O2. The fraction of sp³-hybridized carbons (Fsp3) is 0.500. The van der Waals surface area contributed by atoms with Gasteiger partial charge in [-0.25, -0.2) is 0 Å². The molecule has 2 rings (SSSR count). The van der Waals surface area contributed by atoms with Crippen molar-refractivity contribution in [1.82, 2.24) is 9.80 Å². The number of likely N-dealkylation sites (N-methyl/N-ethyl adjacent to an activating group) is 1. The van der Waals surface area contributed by atoms with Crippen molar-refractivity contribution in [2.45, 2.75) is 6.04 Å². The second-order valence-corrected chi connectivity index (χ2v) is 5.63. The standard InChI is InChI=1S/C14H19ClN2O2/c1-16(2)13-8-17(7-11(13)9-18)14(19)10-4-3-5-12(15)6-10/h3-6,11,13,18H,7-9H2,1-2H3/t11-,13+/m0/s1. The van der Waals surface area contributed by atoms with Gasteiger partial charge in [-0.05, 0) is 32.3 Å². The molecule has 1 aromatic rings. The van der Waals surface area contributed by atoms with Crippen LogP contribution in [0.4, 0.5) is 0 Å². The van der Waals surface area contributed by atoms with Gasteiger partial charge in [0.15, 0.2) is 0 Å². The van der Waals surface area contributed by atoms with E-state index in [4.69, 9.17) is 11.6 Å². The largest absolute Gasteiger partial charge is 0.396 e. The highest BCUT2D eigenvalue weighted by molar-refractivity contribution is 6.30. The van der Waals surface area contributed by atoms with Crippen LogP contribution < -0.4 is 0 Å². The van der Waals surface area contributed by atoms with E-state index in [1.54, 1.807) is 29.2 Å². The topological polar surface area (TPSA) is 43.8 Å². The summed E-state index contributed by atoms with van der Waals surface area (Å²) in [6, 6.07) is 7.18. The van der Waals surface area contributed by atoms with Crippen molar-refractivity contribution in [3.63, 3.8) is 0 Å². The molecule has 0 spiro atoms. The predicted molar refractivity (Wildman–Crippen MR) is 75.4 cm³/mol. The van der Waals surface area contributed by atoms with Gasteiger partial charge in [0, 0.05) is 42.2 Å². The smallest absolute Gasteiger partial charge is 0.253 e. The highest BCUT2D eigenvalue weighted by Crippen LogP contribution is 2.22. The molecule has 0 saturated carbocycles. The van der Waals surface area contributed by atoms with Gasteiger partial charge in [0.1, 0.15) is 0 Å². The van der Waals surface area contributed by atoms with E-state index in [-0.39, 0.29) is 24.5 Å². The molecule has 1 N–H and O–H groups in total. The molecule has 1 saturated heterocycles. The Balaban J connectivity index is 2.13. The third-order valence-electron chi connectivity index (χ3n) is 3.66. The van der Waals surface area contributed by atoms with Gasteiger partial charge in [-0.2, -0.15) is 0 Å². The van der Waals surface area contributed by atoms with Crippen LogP contribution in [0.25, 0.3) is 0 Å². The normalized spacial score (nSPS) is 23.1. The van der Waals surface area contributed by atoms with Gasteiger partial charge in [-0.3, -0.25) is 4.79 Å². The molecule has 19 heavy (non-hydrogen) atoms. The Bertz CT molecular complexity index is 465. The molecule has 1 aliphatic heterocycles. The zero-order chi connectivity index (χ0) is 14.0. The van der Waals surface area contributed by atoms with Gasteiger partial charge in [-0.1, -0.05) is 17.7 Å². The lowest BCUT2D eigenvalue weighted by Gasteiger charge is -2.23. The molecule has 4 nitrogen and oxygen atoms in total. The van der Waals surface area contributed by atoms with Gasteiger partial charge in [0.25, 0.3) is 5.91 Å². The Labute approximate surface area is 118 Å². The van der Waals surface area contributed by atoms with E-state index in [9.17, 15) is 9.90 Å². The molecule has 0 aromatic heterocycles. The summed E-state index contributed by atoms with van der Waals surface area (Å²) in [5, 5.41) is 9.98. The molecule has 0 unspecified atom stereocenters. The van der Waals surface area contributed by atoms with Crippen molar-refractivity contribution >= 4 is 17.5 Å².